The smallest absolute Gasteiger partial charge is 0.102 e. The second kappa shape index (κ2) is 2.22. The summed E-state index contributed by atoms with van der Waals surface area (Å²) in [7, 11) is 2.01. The molecule has 0 amide bonds. The van der Waals surface area contributed by atoms with E-state index in [1.807, 2.05) is 11.7 Å². The number of nitrogens with zero attached hydrogens (tertiary/aromatic N) is 2. The molecule has 0 aliphatic heterocycles. The van der Waals surface area contributed by atoms with E-state index in [2.05, 4.69) is 27.7 Å². The number of hydrogen-bond acceptors (Lipinski definition) is 1. The van der Waals surface area contributed by atoms with Gasteiger partial charge < -0.3 is 0 Å². The van der Waals surface area contributed by atoms with E-state index in [1.165, 1.54) is 34.2 Å². The van der Waals surface area contributed by atoms with Crippen molar-refractivity contribution in [3.05, 3.63) is 15.0 Å². The highest BCUT2D eigenvalue weighted by Gasteiger charge is 2.18. The molecule has 0 atom stereocenters. The molecule has 1 heterocycles. The summed E-state index contributed by atoms with van der Waals surface area (Å²) in [5.41, 5.74) is 2.81. The lowest BCUT2D eigenvalue weighted by molar-refractivity contribution is 0.710. The van der Waals surface area contributed by atoms with Gasteiger partial charge in [0.1, 0.15) is 3.70 Å². The number of aryl methyl sites for hydroxylation is 2. The second-order valence-corrected chi connectivity index (χ2v) is 3.72. The van der Waals surface area contributed by atoms with Gasteiger partial charge in [-0.1, -0.05) is 0 Å². The van der Waals surface area contributed by atoms with Crippen molar-refractivity contribution in [2.75, 3.05) is 0 Å². The highest BCUT2D eigenvalue weighted by Crippen LogP contribution is 2.24. The van der Waals surface area contributed by atoms with E-state index in [0.29, 0.717) is 0 Å². The monoisotopic (exact) mass is 248 g/mol. The first kappa shape index (κ1) is 6.64. The van der Waals surface area contributed by atoms with Crippen LogP contribution in [0.3, 0.4) is 0 Å². The van der Waals surface area contributed by atoms with E-state index < -0.39 is 0 Å². The summed E-state index contributed by atoms with van der Waals surface area (Å²) >= 11 is 2.37. The molecule has 0 bridgehead atoms. The van der Waals surface area contributed by atoms with Crippen molar-refractivity contribution < 1.29 is 0 Å². The Labute approximate surface area is 73.8 Å². The largest absolute Gasteiger partial charge is 0.262 e. The topological polar surface area (TPSA) is 17.8 Å². The predicted molar refractivity (Wildman–Crippen MR) is 48.0 cm³/mol. The van der Waals surface area contributed by atoms with Crippen LogP contribution < -0.4 is 0 Å². The summed E-state index contributed by atoms with van der Waals surface area (Å²) in [6, 6.07) is 0. The molecule has 0 aromatic carbocycles. The SMILES string of the molecule is Cn1nc2c(c1I)CCC2. The van der Waals surface area contributed by atoms with Gasteiger partial charge in [-0.25, -0.2) is 0 Å². The van der Waals surface area contributed by atoms with Crippen LogP contribution in [0.1, 0.15) is 17.7 Å². The number of halogens is 1. The van der Waals surface area contributed by atoms with Crippen molar-refractivity contribution >= 4 is 22.6 Å². The second-order valence-electron chi connectivity index (χ2n) is 2.69. The van der Waals surface area contributed by atoms with Crippen molar-refractivity contribution in [2.24, 2.45) is 7.05 Å². The average molecular weight is 248 g/mol. The molecule has 1 aliphatic carbocycles. The van der Waals surface area contributed by atoms with Gasteiger partial charge in [0, 0.05) is 12.6 Å². The molecule has 0 spiro atoms. The van der Waals surface area contributed by atoms with Crippen LogP contribution in [0.5, 0.6) is 0 Å². The van der Waals surface area contributed by atoms with Gasteiger partial charge in [-0.2, -0.15) is 5.10 Å². The van der Waals surface area contributed by atoms with Gasteiger partial charge in [-0.15, -0.1) is 0 Å². The van der Waals surface area contributed by atoms with Crippen LogP contribution in [0.4, 0.5) is 0 Å². The molecule has 0 N–H and O–H groups in total. The lowest BCUT2D eigenvalue weighted by Crippen LogP contribution is -1.95. The quantitative estimate of drug-likeness (QED) is 0.636. The van der Waals surface area contributed by atoms with E-state index >= 15 is 0 Å². The zero-order valence-electron chi connectivity index (χ0n) is 5.89. The van der Waals surface area contributed by atoms with Gasteiger partial charge in [0.25, 0.3) is 0 Å². The van der Waals surface area contributed by atoms with Crippen LogP contribution in [-0.4, -0.2) is 9.78 Å². The third-order valence-electron chi connectivity index (χ3n) is 1.99. The van der Waals surface area contributed by atoms with Gasteiger partial charge in [-0.05, 0) is 41.9 Å². The fourth-order valence-corrected chi connectivity index (χ4v) is 2.17. The fraction of sp³-hybridized carbons (Fsp3) is 0.571. The molecule has 3 heteroatoms. The van der Waals surface area contributed by atoms with Crippen molar-refractivity contribution in [3.63, 3.8) is 0 Å². The summed E-state index contributed by atoms with van der Waals surface area (Å²) in [6.45, 7) is 0. The van der Waals surface area contributed by atoms with Crippen LogP contribution in [0, 0.1) is 3.70 Å². The van der Waals surface area contributed by atoms with E-state index in [0.717, 1.165) is 0 Å². The molecular formula is C7H9IN2. The standard InChI is InChI=1S/C7H9IN2/c1-10-7(8)5-3-2-4-6(5)9-10/h2-4H2,1H3. The Hall–Kier alpha value is -0.0600. The highest BCUT2D eigenvalue weighted by atomic mass is 127. The molecule has 0 saturated carbocycles. The number of hydrogen-bond donors (Lipinski definition) is 0. The highest BCUT2D eigenvalue weighted by molar-refractivity contribution is 14.1. The molecule has 0 saturated heterocycles. The molecule has 2 rings (SSSR count). The van der Waals surface area contributed by atoms with Gasteiger partial charge in [0.15, 0.2) is 0 Å². The maximum Gasteiger partial charge on any atom is 0.102 e. The Balaban J connectivity index is 2.59. The first-order valence-corrected chi connectivity index (χ1v) is 4.57. The first-order chi connectivity index (χ1) is 4.79. The van der Waals surface area contributed by atoms with Crippen molar-refractivity contribution in [1.29, 1.82) is 0 Å². The molecule has 0 fully saturated rings. The van der Waals surface area contributed by atoms with E-state index in [9.17, 15) is 0 Å². The summed E-state index contributed by atoms with van der Waals surface area (Å²) in [6.07, 6.45) is 3.72. The third kappa shape index (κ3) is 0.794. The number of rotatable bonds is 0. The number of fused-ring (bicyclic) bond motifs is 1. The minimum atomic E-state index is 1.19. The van der Waals surface area contributed by atoms with Gasteiger partial charge >= 0.3 is 0 Å². The van der Waals surface area contributed by atoms with Gasteiger partial charge in [0.2, 0.25) is 0 Å². The Morgan fingerprint density at radius 3 is 3.00 bits per heavy atom. The molecule has 54 valence electrons. The van der Waals surface area contributed by atoms with E-state index in [-0.39, 0.29) is 0 Å². The van der Waals surface area contributed by atoms with Gasteiger partial charge in [-0.3, -0.25) is 4.68 Å². The van der Waals surface area contributed by atoms with E-state index in [1.54, 1.807) is 0 Å². The Kier molecular flexibility index (Phi) is 1.47. The summed E-state index contributed by atoms with van der Waals surface area (Å²) in [5.74, 6) is 0. The lowest BCUT2D eigenvalue weighted by Gasteiger charge is -1.92. The average Bonchev–Trinajstić information content (AvgIpc) is 2.41. The van der Waals surface area contributed by atoms with Crippen molar-refractivity contribution in [1.82, 2.24) is 9.78 Å². The fourth-order valence-electron chi connectivity index (χ4n) is 1.48. The zero-order valence-corrected chi connectivity index (χ0v) is 8.05. The Morgan fingerprint density at radius 2 is 2.30 bits per heavy atom. The Morgan fingerprint density at radius 1 is 1.50 bits per heavy atom. The van der Waals surface area contributed by atoms with Gasteiger partial charge in [0.05, 0.1) is 5.69 Å². The number of aromatic nitrogens is 2. The summed E-state index contributed by atoms with van der Waals surface area (Å²) in [5, 5.41) is 4.40. The predicted octanol–water partition coefficient (Wildman–Crippen LogP) is 1.51. The van der Waals surface area contributed by atoms with Crippen LogP contribution in [0.2, 0.25) is 0 Å². The van der Waals surface area contributed by atoms with Crippen LogP contribution >= 0.6 is 22.6 Å². The summed E-state index contributed by atoms with van der Waals surface area (Å²) in [4.78, 5) is 0. The molecule has 0 radical (unpaired) electrons. The summed E-state index contributed by atoms with van der Waals surface area (Å²) < 4.78 is 3.30. The minimum absolute atomic E-state index is 1.19. The van der Waals surface area contributed by atoms with Crippen molar-refractivity contribution in [3.8, 4) is 0 Å². The Bertz CT molecular complexity index is 265. The normalized spacial score (nSPS) is 15.8. The third-order valence-corrected chi connectivity index (χ3v) is 3.34. The maximum absolute atomic E-state index is 4.40. The molecule has 1 aromatic rings. The molecule has 1 aromatic heterocycles. The van der Waals surface area contributed by atoms with Crippen molar-refractivity contribution in [2.45, 2.75) is 19.3 Å². The molecule has 10 heavy (non-hydrogen) atoms. The molecule has 0 unspecified atom stereocenters. The molecule has 1 aliphatic rings. The maximum atomic E-state index is 4.40. The van der Waals surface area contributed by atoms with Crippen LogP contribution in [-0.2, 0) is 19.9 Å². The lowest BCUT2D eigenvalue weighted by atomic mass is 10.3. The zero-order chi connectivity index (χ0) is 7.14. The first-order valence-electron chi connectivity index (χ1n) is 3.49. The molecular weight excluding hydrogens is 239 g/mol. The van der Waals surface area contributed by atoms with E-state index in [4.69, 9.17) is 0 Å². The molecule has 2 nitrogen and oxygen atoms in total. The van der Waals surface area contributed by atoms with Crippen LogP contribution in [0.25, 0.3) is 0 Å². The minimum Gasteiger partial charge on any atom is -0.262 e. The van der Waals surface area contributed by atoms with Crippen LogP contribution in [0.15, 0.2) is 0 Å².